The zero-order valence-electron chi connectivity index (χ0n) is 15.5. The third-order valence-corrected chi connectivity index (χ3v) is 4.63. The van der Waals surface area contributed by atoms with Gasteiger partial charge in [-0.05, 0) is 18.9 Å². The molecule has 1 fully saturated rings. The molecule has 3 rings (SSSR count). The monoisotopic (exact) mass is 344 g/mol. The van der Waals surface area contributed by atoms with Crippen molar-refractivity contribution in [2.24, 2.45) is 5.92 Å². The van der Waals surface area contributed by atoms with Crippen LogP contribution >= 0.6 is 0 Å². The molecule has 2 aromatic rings. The molecule has 1 saturated heterocycles. The number of rotatable bonds is 6. The molecule has 1 aromatic heterocycles. The van der Waals surface area contributed by atoms with Crippen molar-refractivity contribution in [3.8, 4) is 0 Å². The molecule has 0 saturated carbocycles. The van der Waals surface area contributed by atoms with Gasteiger partial charge in [0.05, 0.1) is 6.61 Å². The van der Waals surface area contributed by atoms with Crippen LogP contribution in [0.3, 0.4) is 0 Å². The van der Waals surface area contributed by atoms with Crippen LogP contribution in [0.4, 0.5) is 0 Å². The molecule has 0 aliphatic carbocycles. The number of carbonyl (C=O) groups excluding carboxylic acids is 1. The topological polar surface area (TPSA) is 45.9 Å². The number of fused-ring (bicyclic) bond motifs is 1. The molecule has 0 spiro atoms. The van der Waals surface area contributed by atoms with Crippen molar-refractivity contribution < 1.29 is 13.9 Å². The quantitative estimate of drug-likeness (QED) is 0.752. The fraction of sp³-hybridized carbons (Fsp3) is 0.550. The first-order valence-corrected chi connectivity index (χ1v) is 9.20. The van der Waals surface area contributed by atoms with Crippen LogP contribution in [-0.4, -0.2) is 55.1 Å². The SMILES string of the molecule is CCOC(=O)c1oc2ccccc2c1CN1CCN(CC(C)C)CC1. The minimum Gasteiger partial charge on any atom is -0.460 e. The van der Waals surface area contributed by atoms with Crippen LogP contribution in [0.1, 0.15) is 36.9 Å². The Bertz CT molecular complexity index is 715. The Labute approximate surface area is 149 Å². The lowest BCUT2D eigenvalue weighted by atomic mass is 10.1. The van der Waals surface area contributed by atoms with E-state index in [1.807, 2.05) is 31.2 Å². The van der Waals surface area contributed by atoms with Crippen LogP contribution in [0, 0.1) is 5.92 Å². The number of hydrogen-bond donors (Lipinski definition) is 0. The second-order valence-electron chi connectivity index (χ2n) is 7.10. The lowest BCUT2D eigenvalue weighted by molar-refractivity contribution is 0.0487. The predicted octanol–water partition coefficient (Wildman–Crippen LogP) is 3.38. The molecule has 5 nitrogen and oxygen atoms in total. The fourth-order valence-corrected chi connectivity index (χ4v) is 3.49. The van der Waals surface area contributed by atoms with E-state index in [-0.39, 0.29) is 5.97 Å². The Balaban J connectivity index is 1.76. The number of benzene rings is 1. The highest BCUT2D eigenvalue weighted by Gasteiger charge is 2.25. The maximum atomic E-state index is 12.3. The molecule has 25 heavy (non-hydrogen) atoms. The van der Waals surface area contributed by atoms with Crippen molar-refractivity contribution >= 4 is 16.9 Å². The first-order chi connectivity index (χ1) is 12.1. The summed E-state index contributed by atoms with van der Waals surface area (Å²) < 4.78 is 11.0. The summed E-state index contributed by atoms with van der Waals surface area (Å²) in [6, 6.07) is 7.83. The highest BCUT2D eigenvalue weighted by Crippen LogP contribution is 2.28. The van der Waals surface area contributed by atoms with Crippen molar-refractivity contribution in [3.63, 3.8) is 0 Å². The highest BCUT2D eigenvalue weighted by atomic mass is 16.5. The van der Waals surface area contributed by atoms with E-state index in [4.69, 9.17) is 9.15 Å². The van der Waals surface area contributed by atoms with E-state index in [1.165, 1.54) is 0 Å². The lowest BCUT2D eigenvalue weighted by Gasteiger charge is -2.35. The van der Waals surface area contributed by atoms with Crippen LogP contribution in [0.5, 0.6) is 0 Å². The van der Waals surface area contributed by atoms with Gasteiger partial charge in [0.1, 0.15) is 5.58 Å². The molecule has 2 heterocycles. The van der Waals surface area contributed by atoms with Gasteiger partial charge in [-0.3, -0.25) is 4.90 Å². The molecule has 0 radical (unpaired) electrons. The third-order valence-electron chi connectivity index (χ3n) is 4.63. The fourth-order valence-electron chi connectivity index (χ4n) is 3.49. The molecular weight excluding hydrogens is 316 g/mol. The van der Waals surface area contributed by atoms with Crippen molar-refractivity contribution in [3.05, 3.63) is 35.6 Å². The van der Waals surface area contributed by atoms with Crippen LogP contribution in [0.15, 0.2) is 28.7 Å². The summed E-state index contributed by atoms with van der Waals surface area (Å²) in [5.41, 5.74) is 1.70. The minimum absolute atomic E-state index is 0.350. The standard InChI is InChI=1S/C20H28N2O3/c1-4-24-20(23)19-17(16-7-5-6-8-18(16)25-19)14-22-11-9-21(10-12-22)13-15(2)3/h5-8,15H,4,9-14H2,1-3H3. The van der Waals surface area contributed by atoms with E-state index in [0.717, 1.165) is 55.8 Å². The predicted molar refractivity (Wildman–Crippen MR) is 98.7 cm³/mol. The first-order valence-electron chi connectivity index (χ1n) is 9.20. The Morgan fingerprint density at radius 2 is 1.84 bits per heavy atom. The van der Waals surface area contributed by atoms with Crippen molar-refractivity contribution in [1.29, 1.82) is 0 Å². The summed E-state index contributed by atoms with van der Waals surface area (Å²) >= 11 is 0. The van der Waals surface area contributed by atoms with Gasteiger partial charge in [-0.15, -0.1) is 0 Å². The minimum atomic E-state index is -0.368. The number of hydrogen-bond acceptors (Lipinski definition) is 5. The Hall–Kier alpha value is -1.85. The molecule has 1 aliphatic rings. The average Bonchev–Trinajstić information content (AvgIpc) is 2.95. The highest BCUT2D eigenvalue weighted by molar-refractivity contribution is 5.96. The molecule has 0 amide bonds. The van der Waals surface area contributed by atoms with E-state index in [0.29, 0.717) is 18.3 Å². The maximum absolute atomic E-state index is 12.3. The van der Waals surface area contributed by atoms with Gasteiger partial charge in [-0.1, -0.05) is 32.0 Å². The molecule has 0 unspecified atom stereocenters. The Morgan fingerprint density at radius 1 is 1.16 bits per heavy atom. The van der Waals surface area contributed by atoms with Crippen LogP contribution < -0.4 is 0 Å². The lowest BCUT2D eigenvalue weighted by Crippen LogP contribution is -2.47. The van der Waals surface area contributed by atoms with Crippen LogP contribution in [0.2, 0.25) is 0 Å². The van der Waals surface area contributed by atoms with E-state index in [9.17, 15) is 4.79 Å². The summed E-state index contributed by atoms with van der Waals surface area (Å²) in [6.45, 7) is 12.7. The summed E-state index contributed by atoms with van der Waals surface area (Å²) in [7, 11) is 0. The molecule has 5 heteroatoms. The number of carbonyl (C=O) groups is 1. The first kappa shape index (κ1) is 18.0. The van der Waals surface area contributed by atoms with Gasteiger partial charge in [0, 0.05) is 50.2 Å². The number of furan rings is 1. The van der Waals surface area contributed by atoms with Gasteiger partial charge in [-0.25, -0.2) is 4.79 Å². The number of piperazine rings is 1. The van der Waals surface area contributed by atoms with E-state index < -0.39 is 0 Å². The molecule has 0 N–H and O–H groups in total. The summed E-state index contributed by atoms with van der Waals surface area (Å²) in [4.78, 5) is 17.2. The number of ether oxygens (including phenoxy) is 1. The molecular formula is C20H28N2O3. The maximum Gasteiger partial charge on any atom is 0.374 e. The third kappa shape index (κ3) is 4.22. The molecule has 0 atom stereocenters. The second-order valence-corrected chi connectivity index (χ2v) is 7.10. The summed E-state index contributed by atoms with van der Waals surface area (Å²) in [6.07, 6.45) is 0. The molecule has 1 aliphatic heterocycles. The number of esters is 1. The van der Waals surface area contributed by atoms with Crippen molar-refractivity contribution in [1.82, 2.24) is 9.80 Å². The van der Waals surface area contributed by atoms with Crippen LogP contribution in [0.25, 0.3) is 11.0 Å². The van der Waals surface area contributed by atoms with Gasteiger partial charge in [0.15, 0.2) is 0 Å². The zero-order chi connectivity index (χ0) is 17.8. The molecule has 1 aromatic carbocycles. The van der Waals surface area contributed by atoms with Gasteiger partial charge < -0.3 is 14.1 Å². The summed E-state index contributed by atoms with van der Waals surface area (Å²) in [5, 5.41) is 1.01. The molecule has 0 bridgehead atoms. The van der Waals surface area contributed by atoms with Gasteiger partial charge in [0.25, 0.3) is 0 Å². The second kappa shape index (κ2) is 8.02. The zero-order valence-corrected chi connectivity index (χ0v) is 15.5. The van der Waals surface area contributed by atoms with E-state index in [1.54, 1.807) is 0 Å². The van der Waals surface area contributed by atoms with Gasteiger partial charge >= 0.3 is 5.97 Å². The van der Waals surface area contributed by atoms with Crippen LogP contribution in [-0.2, 0) is 11.3 Å². The smallest absolute Gasteiger partial charge is 0.374 e. The summed E-state index contributed by atoms with van der Waals surface area (Å²) in [5.74, 6) is 0.680. The average molecular weight is 344 g/mol. The Kier molecular flexibility index (Phi) is 5.76. The molecule has 136 valence electrons. The van der Waals surface area contributed by atoms with E-state index in [2.05, 4.69) is 23.6 Å². The number of para-hydroxylation sites is 1. The van der Waals surface area contributed by atoms with E-state index >= 15 is 0 Å². The largest absolute Gasteiger partial charge is 0.460 e. The number of nitrogens with zero attached hydrogens (tertiary/aromatic N) is 2. The van der Waals surface area contributed by atoms with Gasteiger partial charge in [0.2, 0.25) is 5.76 Å². The normalized spacial score (nSPS) is 16.6. The van der Waals surface area contributed by atoms with Gasteiger partial charge in [-0.2, -0.15) is 0 Å². The Morgan fingerprint density at radius 3 is 2.52 bits per heavy atom. The van der Waals surface area contributed by atoms with Crippen molar-refractivity contribution in [2.45, 2.75) is 27.3 Å². The van der Waals surface area contributed by atoms with Crippen molar-refractivity contribution in [2.75, 3.05) is 39.3 Å².